The molecule has 0 N–H and O–H groups in total. The van der Waals surface area contributed by atoms with E-state index in [1.54, 1.807) is 0 Å². The molecule has 2 nitrogen and oxygen atoms in total. The summed E-state index contributed by atoms with van der Waals surface area (Å²) < 4.78 is 8.96. The summed E-state index contributed by atoms with van der Waals surface area (Å²) in [6.45, 7) is 0. The zero-order chi connectivity index (χ0) is 29.7. The van der Waals surface area contributed by atoms with Crippen LogP contribution < -0.4 is 4.90 Å². The zero-order valence-corrected chi connectivity index (χ0v) is 25.2. The Balaban J connectivity index is 1.27. The molecule has 0 unspecified atom stereocenters. The highest BCUT2D eigenvalue weighted by Gasteiger charge is 2.20. The number of nitrogens with zero attached hydrogens (tertiary/aromatic N) is 1. The van der Waals surface area contributed by atoms with Gasteiger partial charge < -0.3 is 9.32 Å². The fraction of sp³-hybridized carbons (Fsp3) is 0. The third-order valence-electron chi connectivity index (χ3n) is 8.67. The number of anilines is 3. The van der Waals surface area contributed by atoms with Crippen LogP contribution >= 0.6 is 11.3 Å². The van der Waals surface area contributed by atoms with Gasteiger partial charge in [0.15, 0.2) is 0 Å². The van der Waals surface area contributed by atoms with Crippen LogP contribution in [0.25, 0.3) is 64.4 Å². The molecule has 0 radical (unpaired) electrons. The van der Waals surface area contributed by atoms with Crippen LogP contribution in [0.2, 0.25) is 0 Å². The Morgan fingerprint density at radius 3 is 1.98 bits per heavy atom. The third kappa shape index (κ3) is 4.32. The van der Waals surface area contributed by atoms with Crippen LogP contribution in [0.5, 0.6) is 0 Å². The predicted molar refractivity (Wildman–Crippen MR) is 192 cm³/mol. The van der Waals surface area contributed by atoms with Crippen LogP contribution in [0.15, 0.2) is 168 Å². The SMILES string of the molecule is c1ccc(-c2ccc(N(c3cccc(-c4cccc5sc6ccccc6c45)c3)c3cccc4oc5ccccc5c34)cc2)cc1. The van der Waals surface area contributed by atoms with Crippen molar-refractivity contribution in [2.24, 2.45) is 0 Å². The summed E-state index contributed by atoms with van der Waals surface area (Å²) in [7, 11) is 0. The minimum Gasteiger partial charge on any atom is -0.456 e. The van der Waals surface area contributed by atoms with Crippen molar-refractivity contribution >= 4 is 70.5 Å². The molecule has 0 atom stereocenters. The van der Waals surface area contributed by atoms with E-state index in [0.29, 0.717) is 0 Å². The van der Waals surface area contributed by atoms with Crippen LogP contribution in [0.4, 0.5) is 17.1 Å². The number of hydrogen-bond donors (Lipinski definition) is 0. The molecule has 0 amide bonds. The topological polar surface area (TPSA) is 16.4 Å². The van der Waals surface area contributed by atoms with Crippen molar-refractivity contribution in [1.29, 1.82) is 0 Å². The Hall–Kier alpha value is -5.64. The highest BCUT2D eigenvalue weighted by atomic mass is 32.1. The molecule has 0 saturated carbocycles. The Bertz CT molecular complexity index is 2490. The molecule has 9 aromatic rings. The highest BCUT2D eigenvalue weighted by molar-refractivity contribution is 7.25. The second kappa shape index (κ2) is 10.5. The van der Waals surface area contributed by atoms with Gasteiger partial charge in [-0.25, -0.2) is 0 Å². The summed E-state index contributed by atoms with van der Waals surface area (Å²) >= 11 is 1.86. The van der Waals surface area contributed by atoms with Crippen LogP contribution in [-0.2, 0) is 0 Å². The number of hydrogen-bond acceptors (Lipinski definition) is 3. The molecule has 7 aromatic carbocycles. The first-order valence-corrected chi connectivity index (χ1v) is 16.0. The molecule has 212 valence electrons. The summed E-state index contributed by atoms with van der Waals surface area (Å²) in [5, 5.41) is 4.84. The summed E-state index contributed by atoms with van der Waals surface area (Å²) in [5.41, 5.74) is 9.87. The van der Waals surface area contributed by atoms with Crippen LogP contribution in [-0.4, -0.2) is 0 Å². The Morgan fingerprint density at radius 2 is 1.09 bits per heavy atom. The van der Waals surface area contributed by atoms with Crippen molar-refractivity contribution in [3.8, 4) is 22.3 Å². The van der Waals surface area contributed by atoms with Gasteiger partial charge in [-0.2, -0.15) is 0 Å². The quantitative estimate of drug-likeness (QED) is 0.197. The average Bonchev–Trinajstić information content (AvgIpc) is 3.68. The lowest BCUT2D eigenvalue weighted by Crippen LogP contribution is -2.10. The Labute approximate surface area is 265 Å². The molecule has 2 aromatic heterocycles. The first-order valence-electron chi connectivity index (χ1n) is 15.2. The van der Waals surface area contributed by atoms with Gasteiger partial charge in [-0.15, -0.1) is 11.3 Å². The number of fused-ring (bicyclic) bond motifs is 6. The maximum atomic E-state index is 6.34. The average molecular weight is 594 g/mol. The van der Waals surface area contributed by atoms with Gasteiger partial charge >= 0.3 is 0 Å². The van der Waals surface area contributed by atoms with Crippen LogP contribution in [0, 0.1) is 0 Å². The summed E-state index contributed by atoms with van der Waals surface area (Å²) in [6, 6.07) is 58.4. The monoisotopic (exact) mass is 593 g/mol. The lowest BCUT2D eigenvalue weighted by atomic mass is 9.98. The van der Waals surface area contributed by atoms with Crippen molar-refractivity contribution in [3.63, 3.8) is 0 Å². The fourth-order valence-corrected chi connectivity index (χ4v) is 7.76. The Morgan fingerprint density at radius 1 is 0.422 bits per heavy atom. The van der Waals surface area contributed by atoms with Gasteiger partial charge in [-0.05, 0) is 76.9 Å². The Kier molecular flexibility index (Phi) is 6.03. The zero-order valence-electron chi connectivity index (χ0n) is 24.4. The summed E-state index contributed by atoms with van der Waals surface area (Å²) in [4.78, 5) is 2.37. The number of rotatable bonds is 5. The van der Waals surface area contributed by atoms with Crippen molar-refractivity contribution in [3.05, 3.63) is 164 Å². The van der Waals surface area contributed by atoms with Gasteiger partial charge in [0.25, 0.3) is 0 Å². The second-order valence-corrected chi connectivity index (χ2v) is 12.4. The maximum Gasteiger partial charge on any atom is 0.137 e. The van der Waals surface area contributed by atoms with Crippen LogP contribution in [0.3, 0.4) is 0 Å². The second-order valence-electron chi connectivity index (χ2n) is 11.3. The fourth-order valence-electron chi connectivity index (χ4n) is 6.63. The number of para-hydroxylation sites is 1. The molecule has 3 heteroatoms. The smallest absolute Gasteiger partial charge is 0.137 e. The number of thiophene rings is 1. The minimum absolute atomic E-state index is 0.880. The maximum absolute atomic E-state index is 6.34. The highest BCUT2D eigenvalue weighted by Crippen LogP contribution is 2.45. The van der Waals surface area contributed by atoms with Gasteiger partial charge in [-0.1, -0.05) is 109 Å². The van der Waals surface area contributed by atoms with E-state index in [9.17, 15) is 0 Å². The molecule has 0 spiro atoms. The van der Waals surface area contributed by atoms with Gasteiger partial charge in [-0.3, -0.25) is 0 Å². The molecule has 0 bridgehead atoms. The van der Waals surface area contributed by atoms with Gasteiger partial charge in [0.05, 0.1) is 11.1 Å². The molecule has 9 rings (SSSR count). The first kappa shape index (κ1) is 25.8. The molecule has 0 aliphatic rings. The van der Waals surface area contributed by atoms with E-state index in [2.05, 4.69) is 157 Å². The number of furan rings is 1. The van der Waals surface area contributed by atoms with E-state index in [-0.39, 0.29) is 0 Å². The van der Waals surface area contributed by atoms with Crippen molar-refractivity contribution in [2.75, 3.05) is 4.90 Å². The van der Waals surface area contributed by atoms with E-state index in [1.807, 2.05) is 23.5 Å². The largest absolute Gasteiger partial charge is 0.456 e. The molecule has 0 saturated heterocycles. The summed E-state index contributed by atoms with van der Waals surface area (Å²) in [6.07, 6.45) is 0. The molecule has 0 aliphatic carbocycles. The van der Waals surface area contributed by atoms with Crippen molar-refractivity contribution in [1.82, 2.24) is 0 Å². The lowest BCUT2D eigenvalue weighted by Gasteiger charge is -2.27. The molecule has 0 aliphatic heterocycles. The van der Waals surface area contributed by atoms with Gasteiger partial charge in [0, 0.05) is 36.9 Å². The normalized spacial score (nSPS) is 11.6. The van der Waals surface area contributed by atoms with Crippen LogP contribution in [0.1, 0.15) is 0 Å². The molecule has 45 heavy (non-hydrogen) atoms. The number of benzene rings is 7. The summed E-state index contributed by atoms with van der Waals surface area (Å²) in [5.74, 6) is 0. The van der Waals surface area contributed by atoms with Crippen molar-refractivity contribution in [2.45, 2.75) is 0 Å². The molecular formula is C42H27NOS. The van der Waals surface area contributed by atoms with E-state index in [1.165, 1.54) is 42.4 Å². The van der Waals surface area contributed by atoms with E-state index in [0.717, 1.165) is 39.0 Å². The van der Waals surface area contributed by atoms with Gasteiger partial charge in [0.2, 0.25) is 0 Å². The standard InChI is InChI=1S/C42H27NOS/c1-2-11-28(12-3-1)29-23-25-31(26-24-29)43(36-18-10-20-38-42(36)34-15-4-6-19-37(34)44-38)32-14-8-13-30(27-32)33-17-9-22-40-41(33)35-16-5-7-21-39(35)45-40/h1-27H. The van der Waals surface area contributed by atoms with Crippen molar-refractivity contribution < 1.29 is 4.42 Å². The molecular weight excluding hydrogens is 567 g/mol. The van der Waals surface area contributed by atoms with E-state index >= 15 is 0 Å². The van der Waals surface area contributed by atoms with Gasteiger partial charge in [0.1, 0.15) is 11.2 Å². The third-order valence-corrected chi connectivity index (χ3v) is 9.81. The first-order chi connectivity index (χ1) is 22.3. The molecule has 2 heterocycles. The minimum atomic E-state index is 0.880. The molecule has 0 fully saturated rings. The lowest BCUT2D eigenvalue weighted by molar-refractivity contribution is 0.669. The van der Waals surface area contributed by atoms with E-state index in [4.69, 9.17) is 4.42 Å². The van der Waals surface area contributed by atoms with E-state index < -0.39 is 0 Å². The predicted octanol–water partition coefficient (Wildman–Crippen LogP) is 12.8.